The van der Waals surface area contributed by atoms with Gasteiger partial charge in [0.2, 0.25) is 0 Å². The van der Waals surface area contributed by atoms with E-state index in [2.05, 4.69) is 10.3 Å². The Morgan fingerprint density at radius 3 is 2.93 bits per heavy atom. The normalized spacial score (nSPS) is 9.47. The summed E-state index contributed by atoms with van der Waals surface area (Å²) in [5.41, 5.74) is 0.587. The molecule has 2 rings (SSSR count). The van der Waals surface area contributed by atoms with E-state index in [9.17, 15) is 0 Å². The van der Waals surface area contributed by atoms with Gasteiger partial charge >= 0.3 is 0 Å². The molecule has 0 aliphatic rings. The zero-order chi connectivity index (χ0) is 10.7. The third kappa shape index (κ3) is 1.45. The molecule has 0 aliphatic heterocycles. The molecule has 0 saturated carbocycles. The third-order valence-corrected chi connectivity index (χ3v) is 1.82. The Bertz CT molecular complexity index is 540. The smallest absolute Gasteiger partial charge is 0.193 e. The second-order valence-corrected chi connectivity index (χ2v) is 2.69. The summed E-state index contributed by atoms with van der Waals surface area (Å²) in [5, 5.41) is 24.7. The van der Waals surface area contributed by atoms with E-state index in [0.29, 0.717) is 11.5 Å². The fourth-order valence-corrected chi connectivity index (χ4v) is 1.22. The molecule has 0 radical (unpaired) electrons. The topological polar surface area (TPSA) is 91.4 Å². The van der Waals surface area contributed by atoms with Gasteiger partial charge in [0.25, 0.3) is 0 Å². The summed E-state index contributed by atoms with van der Waals surface area (Å²) in [4.78, 5) is 0. The Balaban J connectivity index is 2.58. The number of nitriles is 2. The fraction of sp³-hybridized carbons (Fsp3) is 0.111. The van der Waals surface area contributed by atoms with Gasteiger partial charge in [-0.3, -0.25) is 0 Å². The molecule has 0 atom stereocenters. The van der Waals surface area contributed by atoms with Crippen LogP contribution in [0, 0.1) is 22.7 Å². The maximum atomic E-state index is 8.81. The highest BCUT2D eigenvalue weighted by molar-refractivity contribution is 5.59. The summed E-state index contributed by atoms with van der Waals surface area (Å²) < 4.78 is 6.48. The van der Waals surface area contributed by atoms with Gasteiger partial charge < -0.3 is 4.42 Å². The molecule has 0 N–H and O–H groups in total. The first-order valence-corrected chi connectivity index (χ1v) is 4.11. The lowest BCUT2D eigenvalue weighted by Gasteiger charge is -1.97. The van der Waals surface area contributed by atoms with Crippen molar-refractivity contribution in [2.75, 3.05) is 0 Å². The first-order chi connectivity index (χ1) is 7.36. The molecule has 2 aromatic heterocycles. The van der Waals surface area contributed by atoms with Crippen LogP contribution in [0.2, 0.25) is 0 Å². The lowest BCUT2D eigenvalue weighted by Crippen LogP contribution is -2.00. The van der Waals surface area contributed by atoms with Crippen LogP contribution in [-0.4, -0.2) is 15.0 Å². The minimum Gasteiger partial charge on any atom is -0.463 e. The van der Waals surface area contributed by atoms with Crippen molar-refractivity contribution in [3.8, 4) is 23.6 Å². The molecule has 6 heteroatoms. The van der Waals surface area contributed by atoms with E-state index >= 15 is 0 Å². The van der Waals surface area contributed by atoms with Crippen molar-refractivity contribution >= 4 is 0 Å². The summed E-state index contributed by atoms with van der Waals surface area (Å²) >= 11 is 0. The molecule has 2 aromatic rings. The van der Waals surface area contributed by atoms with E-state index in [1.165, 1.54) is 10.9 Å². The van der Waals surface area contributed by atoms with Crippen LogP contribution in [-0.2, 0) is 6.54 Å². The molecule has 0 amide bonds. The Morgan fingerprint density at radius 2 is 2.33 bits per heavy atom. The highest BCUT2D eigenvalue weighted by Crippen LogP contribution is 2.21. The van der Waals surface area contributed by atoms with E-state index in [-0.39, 0.29) is 12.2 Å². The van der Waals surface area contributed by atoms with Gasteiger partial charge in [-0.15, -0.1) is 5.10 Å². The standard InChI is InChI=1S/C9H5N5O/c10-3-4-14-9(7(6-11)12-13-14)8-2-1-5-15-8/h1-2,5H,4H2. The van der Waals surface area contributed by atoms with Gasteiger partial charge in [0, 0.05) is 0 Å². The average molecular weight is 199 g/mol. The van der Waals surface area contributed by atoms with E-state index in [4.69, 9.17) is 14.9 Å². The highest BCUT2D eigenvalue weighted by Gasteiger charge is 2.16. The third-order valence-electron chi connectivity index (χ3n) is 1.82. The van der Waals surface area contributed by atoms with Crippen LogP contribution in [0.15, 0.2) is 22.8 Å². The number of hydrogen-bond acceptors (Lipinski definition) is 5. The fourth-order valence-electron chi connectivity index (χ4n) is 1.22. The molecule has 0 aromatic carbocycles. The second-order valence-electron chi connectivity index (χ2n) is 2.69. The van der Waals surface area contributed by atoms with Crippen molar-refractivity contribution in [1.82, 2.24) is 15.0 Å². The monoisotopic (exact) mass is 199 g/mol. The molecule has 72 valence electrons. The summed E-state index contributed by atoms with van der Waals surface area (Å²) in [7, 11) is 0. The Hall–Kier alpha value is -2.60. The highest BCUT2D eigenvalue weighted by atomic mass is 16.3. The summed E-state index contributed by atoms with van der Waals surface area (Å²) in [6.45, 7) is 0.0325. The molecule has 0 fully saturated rings. The molecule has 0 unspecified atom stereocenters. The maximum Gasteiger partial charge on any atom is 0.193 e. The lowest BCUT2D eigenvalue weighted by atomic mass is 10.2. The zero-order valence-corrected chi connectivity index (χ0v) is 7.58. The molecular weight excluding hydrogens is 194 g/mol. The summed E-state index contributed by atoms with van der Waals surface area (Å²) in [5.74, 6) is 0.479. The van der Waals surface area contributed by atoms with E-state index in [1.54, 1.807) is 12.1 Å². The number of aromatic nitrogens is 3. The lowest BCUT2D eigenvalue weighted by molar-refractivity contribution is 0.568. The number of hydrogen-bond donors (Lipinski definition) is 0. The molecular formula is C9H5N5O. The van der Waals surface area contributed by atoms with Crippen LogP contribution in [0.4, 0.5) is 0 Å². The van der Waals surface area contributed by atoms with Crippen molar-refractivity contribution in [3.63, 3.8) is 0 Å². The first kappa shape index (κ1) is 8.97. The number of furan rings is 1. The van der Waals surface area contributed by atoms with Crippen molar-refractivity contribution in [2.45, 2.75) is 6.54 Å². The average Bonchev–Trinajstić information content (AvgIpc) is 2.85. The SMILES string of the molecule is N#CCn1nnc(C#N)c1-c1ccco1. The summed E-state index contributed by atoms with van der Waals surface area (Å²) in [6, 6.07) is 7.21. The van der Waals surface area contributed by atoms with E-state index in [1.807, 2.05) is 12.1 Å². The van der Waals surface area contributed by atoms with Gasteiger partial charge in [-0.25, -0.2) is 4.68 Å². The van der Waals surface area contributed by atoms with Crippen LogP contribution in [0.25, 0.3) is 11.5 Å². The van der Waals surface area contributed by atoms with Crippen molar-refractivity contribution in [3.05, 3.63) is 24.1 Å². The van der Waals surface area contributed by atoms with Crippen LogP contribution >= 0.6 is 0 Å². The minimum atomic E-state index is 0.0325. The molecule has 0 aliphatic carbocycles. The van der Waals surface area contributed by atoms with E-state index < -0.39 is 0 Å². The first-order valence-electron chi connectivity index (χ1n) is 4.11. The number of nitrogens with zero attached hydrogens (tertiary/aromatic N) is 5. The van der Waals surface area contributed by atoms with Crippen molar-refractivity contribution in [1.29, 1.82) is 10.5 Å². The molecule has 0 saturated heterocycles. The van der Waals surface area contributed by atoms with E-state index in [0.717, 1.165) is 0 Å². The van der Waals surface area contributed by atoms with Gasteiger partial charge in [-0.05, 0) is 12.1 Å². The summed E-state index contributed by atoms with van der Waals surface area (Å²) in [6.07, 6.45) is 1.49. The minimum absolute atomic E-state index is 0.0325. The van der Waals surface area contributed by atoms with Gasteiger partial charge in [0.1, 0.15) is 18.3 Å². The predicted molar refractivity (Wildman–Crippen MR) is 48.1 cm³/mol. The van der Waals surface area contributed by atoms with Crippen LogP contribution < -0.4 is 0 Å². The molecule has 2 heterocycles. The number of rotatable bonds is 2. The van der Waals surface area contributed by atoms with Crippen LogP contribution in [0.3, 0.4) is 0 Å². The van der Waals surface area contributed by atoms with Gasteiger partial charge in [-0.1, -0.05) is 5.21 Å². The van der Waals surface area contributed by atoms with Gasteiger partial charge in [-0.2, -0.15) is 10.5 Å². The molecule has 0 bridgehead atoms. The Labute approximate surface area is 85.0 Å². The van der Waals surface area contributed by atoms with Crippen LogP contribution in [0.5, 0.6) is 0 Å². The second kappa shape index (κ2) is 3.64. The maximum absolute atomic E-state index is 8.81. The quantitative estimate of drug-likeness (QED) is 0.717. The van der Waals surface area contributed by atoms with Crippen molar-refractivity contribution < 1.29 is 4.42 Å². The molecule has 15 heavy (non-hydrogen) atoms. The predicted octanol–water partition coefficient (Wildman–Crippen LogP) is 0.933. The van der Waals surface area contributed by atoms with Gasteiger partial charge in [0.15, 0.2) is 11.5 Å². The van der Waals surface area contributed by atoms with Crippen molar-refractivity contribution in [2.24, 2.45) is 0 Å². The molecule has 6 nitrogen and oxygen atoms in total. The largest absolute Gasteiger partial charge is 0.463 e. The molecule has 0 spiro atoms. The zero-order valence-electron chi connectivity index (χ0n) is 7.58. The Kier molecular flexibility index (Phi) is 2.18. The Morgan fingerprint density at radius 1 is 1.47 bits per heavy atom. The van der Waals surface area contributed by atoms with Gasteiger partial charge in [0.05, 0.1) is 12.3 Å². The van der Waals surface area contributed by atoms with Crippen LogP contribution in [0.1, 0.15) is 5.69 Å².